The molecule has 2 rings (SSSR count). The van der Waals surface area contributed by atoms with Crippen molar-refractivity contribution in [3.05, 3.63) is 30.1 Å². The third kappa shape index (κ3) is 4.48. The van der Waals surface area contributed by atoms with Gasteiger partial charge in [0.15, 0.2) is 0 Å². The molecule has 0 aromatic carbocycles. The summed E-state index contributed by atoms with van der Waals surface area (Å²) in [7, 11) is 0. The molecule has 1 aliphatic heterocycles. The van der Waals surface area contributed by atoms with E-state index in [1.54, 1.807) is 0 Å². The molecular weight excluding hydrogens is 264 g/mol. The van der Waals surface area contributed by atoms with Crippen molar-refractivity contribution < 1.29 is 5.11 Å². The minimum Gasteiger partial charge on any atom is -0.395 e. The molecule has 5 heteroatoms. The number of hydrogen-bond acceptors (Lipinski definition) is 5. The van der Waals surface area contributed by atoms with Gasteiger partial charge >= 0.3 is 0 Å². The average Bonchev–Trinajstić information content (AvgIpc) is 2.75. The first-order valence-corrected chi connectivity index (χ1v) is 7.99. The van der Waals surface area contributed by atoms with E-state index >= 15 is 0 Å². The van der Waals surface area contributed by atoms with E-state index < -0.39 is 0 Å². The smallest absolute Gasteiger partial charge is 0.0558 e. The molecular formula is C16H28N4O. The Morgan fingerprint density at radius 1 is 1.24 bits per heavy atom. The number of aliphatic hydroxyl groups excluding tert-OH is 1. The van der Waals surface area contributed by atoms with Crippen molar-refractivity contribution in [1.29, 1.82) is 0 Å². The van der Waals surface area contributed by atoms with Crippen LogP contribution in [0.5, 0.6) is 0 Å². The Balaban J connectivity index is 2.10. The quantitative estimate of drug-likeness (QED) is 0.814. The molecule has 2 atom stereocenters. The molecule has 0 aliphatic carbocycles. The Bertz CT molecular complexity index is 401. The van der Waals surface area contributed by atoms with Gasteiger partial charge in [-0.05, 0) is 37.1 Å². The van der Waals surface area contributed by atoms with Gasteiger partial charge in [-0.3, -0.25) is 14.8 Å². The van der Waals surface area contributed by atoms with Crippen molar-refractivity contribution in [2.24, 2.45) is 5.73 Å². The summed E-state index contributed by atoms with van der Waals surface area (Å²) in [4.78, 5) is 8.95. The molecule has 0 amide bonds. The number of aromatic nitrogens is 1. The molecule has 0 saturated carbocycles. The maximum Gasteiger partial charge on any atom is 0.0558 e. The Labute approximate surface area is 127 Å². The Morgan fingerprint density at radius 3 is 2.67 bits per heavy atom. The van der Waals surface area contributed by atoms with Crippen molar-refractivity contribution in [2.75, 3.05) is 39.3 Å². The summed E-state index contributed by atoms with van der Waals surface area (Å²) in [5.41, 5.74) is 7.67. The summed E-state index contributed by atoms with van der Waals surface area (Å²) >= 11 is 0. The molecule has 1 aromatic heterocycles. The second kappa shape index (κ2) is 8.44. The first-order valence-electron chi connectivity index (χ1n) is 7.99. The molecule has 3 N–H and O–H groups in total. The minimum absolute atomic E-state index is 0.136. The zero-order valence-corrected chi connectivity index (χ0v) is 13.0. The van der Waals surface area contributed by atoms with E-state index in [1.165, 1.54) is 5.56 Å². The molecule has 0 bridgehead atoms. The zero-order valence-electron chi connectivity index (χ0n) is 13.0. The van der Waals surface area contributed by atoms with Crippen molar-refractivity contribution in [1.82, 2.24) is 14.8 Å². The van der Waals surface area contributed by atoms with Crippen molar-refractivity contribution in [3.8, 4) is 0 Å². The lowest BCUT2D eigenvalue weighted by molar-refractivity contribution is 0.164. The molecule has 21 heavy (non-hydrogen) atoms. The number of β-amino-alcohol motifs (C(OH)–C–C–N with tert-alkyl or cyclic N) is 1. The van der Waals surface area contributed by atoms with Crippen LogP contribution in [0.2, 0.25) is 0 Å². The highest BCUT2D eigenvalue weighted by molar-refractivity contribution is 5.17. The van der Waals surface area contributed by atoms with E-state index in [0.29, 0.717) is 0 Å². The van der Waals surface area contributed by atoms with E-state index in [1.807, 2.05) is 12.4 Å². The molecule has 0 radical (unpaired) electrons. The number of nitrogens with zero attached hydrogens (tertiary/aromatic N) is 3. The zero-order chi connectivity index (χ0) is 15.1. The fourth-order valence-electron chi connectivity index (χ4n) is 3.15. The highest BCUT2D eigenvalue weighted by atomic mass is 16.3. The summed E-state index contributed by atoms with van der Waals surface area (Å²) in [6, 6.07) is 4.55. The van der Waals surface area contributed by atoms with Crippen LogP contribution in [0.4, 0.5) is 0 Å². The molecule has 0 spiro atoms. The van der Waals surface area contributed by atoms with Crippen LogP contribution in [0.3, 0.4) is 0 Å². The molecule has 1 saturated heterocycles. The van der Waals surface area contributed by atoms with Crippen molar-refractivity contribution in [2.45, 2.75) is 31.8 Å². The van der Waals surface area contributed by atoms with Crippen molar-refractivity contribution in [3.63, 3.8) is 0 Å². The molecule has 1 aromatic rings. The lowest BCUT2D eigenvalue weighted by Crippen LogP contribution is -2.42. The standard InChI is InChI=1S/C16H28N4O/c1-2-15(17)16(14-4-6-18-7-5-14)20-9-3-8-19(10-11-20)12-13-21/h4-7,15-16,21H,2-3,8-13,17H2,1H3. The predicted molar refractivity (Wildman–Crippen MR) is 85.0 cm³/mol. The Hall–Kier alpha value is -1.01. The molecule has 5 nitrogen and oxygen atoms in total. The summed E-state index contributed by atoms with van der Waals surface area (Å²) in [5, 5.41) is 9.11. The predicted octanol–water partition coefficient (Wildman–Crippen LogP) is 0.860. The normalized spacial score (nSPS) is 20.9. The number of rotatable bonds is 6. The van der Waals surface area contributed by atoms with E-state index in [4.69, 9.17) is 10.8 Å². The third-order valence-corrected chi connectivity index (χ3v) is 4.36. The van der Waals surface area contributed by atoms with E-state index in [-0.39, 0.29) is 18.7 Å². The maximum absolute atomic E-state index is 9.11. The molecule has 118 valence electrons. The van der Waals surface area contributed by atoms with E-state index in [9.17, 15) is 0 Å². The first-order chi connectivity index (χ1) is 10.3. The van der Waals surface area contributed by atoms with E-state index in [2.05, 4.69) is 33.8 Å². The summed E-state index contributed by atoms with van der Waals surface area (Å²) in [6.07, 6.45) is 5.78. The fourth-order valence-corrected chi connectivity index (χ4v) is 3.15. The number of aliphatic hydroxyl groups is 1. The number of nitrogens with two attached hydrogens (primary N) is 1. The van der Waals surface area contributed by atoms with Gasteiger partial charge in [0.05, 0.1) is 12.6 Å². The van der Waals surface area contributed by atoms with Gasteiger partial charge in [-0.1, -0.05) is 6.92 Å². The van der Waals surface area contributed by atoms with Gasteiger partial charge in [0.1, 0.15) is 0 Å². The van der Waals surface area contributed by atoms with Crippen LogP contribution in [0.1, 0.15) is 31.4 Å². The van der Waals surface area contributed by atoms with Gasteiger partial charge in [0.25, 0.3) is 0 Å². The highest BCUT2D eigenvalue weighted by Gasteiger charge is 2.27. The van der Waals surface area contributed by atoms with Gasteiger partial charge in [0, 0.05) is 44.6 Å². The maximum atomic E-state index is 9.11. The van der Waals surface area contributed by atoms with Crippen LogP contribution in [0.15, 0.2) is 24.5 Å². The average molecular weight is 292 g/mol. The van der Waals surface area contributed by atoms with Crippen LogP contribution >= 0.6 is 0 Å². The highest BCUT2D eigenvalue weighted by Crippen LogP contribution is 2.25. The summed E-state index contributed by atoms with van der Waals surface area (Å²) in [5.74, 6) is 0. The minimum atomic E-state index is 0.136. The van der Waals surface area contributed by atoms with Gasteiger partial charge < -0.3 is 10.8 Å². The van der Waals surface area contributed by atoms with Gasteiger partial charge in [-0.2, -0.15) is 0 Å². The largest absolute Gasteiger partial charge is 0.395 e. The molecule has 2 unspecified atom stereocenters. The summed E-state index contributed by atoms with van der Waals surface area (Å²) < 4.78 is 0. The number of pyridine rings is 1. The van der Waals surface area contributed by atoms with Gasteiger partial charge in [-0.15, -0.1) is 0 Å². The van der Waals surface area contributed by atoms with Crippen LogP contribution in [-0.4, -0.2) is 65.3 Å². The van der Waals surface area contributed by atoms with E-state index in [0.717, 1.165) is 45.6 Å². The lowest BCUT2D eigenvalue weighted by Gasteiger charge is -2.35. The SMILES string of the molecule is CCC(N)C(c1ccncc1)N1CCCN(CCO)CC1. The van der Waals surface area contributed by atoms with Crippen LogP contribution in [0, 0.1) is 0 Å². The second-order valence-corrected chi connectivity index (χ2v) is 5.75. The first kappa shape index (κ1) is 16.4. The van der Waals surface area contributed by atoms with Crippen LogP contribution in [-0.2, 0) is 0 Å². The lowest BCUT2D eigenvalue weighted by atomic mass is 9.97. The van der Waals surface area contributed by atoms with Gasteiger partial charge in [0.2, 0.25) is 0 Å². The Morgan fingerprint density at radius 2 is 2.00 bits per heavy atom. The Kier molecular flexibility index (Phi) is 6.57. The summed E-state index contributed by atoms with van der Waals surface area (Å²) in [6.45, 7) is 7.27. The van der Waals surface area contributed by atoms with Gasteiger partial charge in [-0.25, -0.2) is 0 Å². The fraction of sp³-hybridized carbons (Fsp3) is 0.688. The third-order valence-electron chi connectivity index (χ3n) is 4.36. The van der Waals surface area contributed by atoms with Crippen LogP contribution < -0.4 is 5.73 Å². The molecule has 2 heterocycles. The molecule has 1 aliphatic rings. The second-order valence-electron chi connectivity index (χ2n) is 5.75. The monoisotopic (exact) mass is 292 g/mol. The van der Waals surface area contributed by atoms with Crippen LogP contribution in [0.25, 0.3) is 0 Å². The van der Waals surface area contributed by atoms with Crippen molar-refractivity contribution >= 4 is 0 Å². The number of hydrogen-bond donors (Lipinski definition) is 2. The molecule has 1 fully saturated rings. The topological polar surface area (TPSA) is 65.6 Å².